The van der Waals surface area contributed by atoms with E-state index in [1.165, 1.54) is 0 Å². The third kappa shape index (κ3) is 4.99. The van der Waals surface area contributed by atoms with Crippen molar-refractivity contribution in [2.75, 3.05) is 6.61 Å². The van der Waals surface area contributed by atoms with Crippen molar-refractivity contribution in [3.63, 3.8) is 0 Å². The molecule has 0 fully saturated rings. The van der Waals surface area contributed by atoms with E-state index in [9.17, 15) is 4.79 Å². The Morgan fingerprint density at radius 1 is 1.38 bits per heavy atom. The van der Waals surface area contributed by atoms with Gasteiger partial charge >= 0.3 is 0 Å². The summed E-state index contributed by atoms with van der Waals surface area (Å²) in [6.07, 6.45) is 3.96. The number of benzene rings is 1. The van der Waals surface area contributed by atoms with Crippen LogP contribution in [0.15, 0.2) is 41.2 Å². The zero-order chi connectivity index (χ0) is 15.2. The van der Waals surface area contributed by atoms with Crippen LogP contribution in [0.5, 0.6) is 5.75 Å². The maximum absolute atomic E-state index is 11.8. The lowest BCUT2D eigenvalue weighted by Gasteiger charge is -2.14. The fraction of sp³-hybridized carbons (Fsp3) is 0.267. The van der Waals surface area contributed by atoms with E-state index in [2.05, 4.69) is 5.32 Å². The fourth-order valence-corrected chi connectivity index (χ4v) is 2.33. The molecule has 1 unspecified atom stereocenters. The summed E-state index contributed by atoms with van der Waals surface area (Å²) in [5.41, 5.74) is 1.03. The highest BCUT2D eigenvalue weighted by atomic mass is 35.5. The standard InChI is InChI=1S/C15H15Cl2NO3/c1-10(6-11-4-5-20-8-11)18-15(19)9-21-14-3-2-12(16)7-13(14)17/h2-5,7-8,10H,6,9H2,1H3,(H,18,19). The molecule has 0 spiro atoms. The molecule has 112 valence electrons. The Balaban J connectivity index is 1.79. The minimum atomic E-state index is -0.211. The van der Waals surface area contributed by atoms with E-state index in [0.29, 0.717) is 22.2 Å². The molecule has 2 aromatic rings. The van der Waals surface area contributed by atoms with E-state index in [0.717, 1.165) is 5.56 Å². The summed E-state index contributed by atoms with van der Waals surface area (Å²) in [5, 5.41) is 3.74. The maximum Gasteiger partial charge on any atom is 0.258 e. The number of amides is 1. The number of ether oxygens (including phenoxy) is 1. The Labute approximate surface area is 133 Å². The summed E-state index contributed by atoms with van der Waals surface area (Å²) in [6.45, 7) is 1.82. The summed E-state index contributed by atoms with van der Waals surface area (Å²) in [4.78, 5) is 11.8. The van der Waals surface area contributed by atoms with Crippen molar-refractivity contribution in [1.29, 1.82) is 0 Å². The first-order valence-corrected chi connectivity index (χ1v) is 7.18. The highest BCUT2D eigenvalue weighted by Crippen LogP contribution is 2.27. The average Bonchev–Trinajstić information content (AvgIpc) is 2.90. The Hall–Kier alpha value is -1.65. The lowest BCUT2D eigenvalue weighted by molar-refractivity contribution is -0.123. The van der Waals surface area contributed by atoms with Crippen LogP contribution in [0, 0.1) is 0 Å². The van der Waals surface area contributed by atoms with Crippen molar-refractivity contribution in [2.45, 2.75) is 19.4 Å². The first kappa shape index (κ1) is 15.7. The van der Waals surface area contributed by atoms with Gasteiger partial charge in [-0.15, -0.1) is 0 Å². The zero-order valence-corrected chi connectivity index (χ0v) is 12.9. The van der Waals surface area contributed by atoms with E-state index in [1.807, 2.05) is 13.0 Å². The van der Waals surface area contributed by atoms with Gasteiger partial charge in [-0.1, -0.05) is 23.2 Å². The van der Waals surface area contributed by atoms with Crippen molar-refractivity contribution in [2.24, 2.45) is 0 Å². The van der Waals surface area contributed by atoms with Gasteiger partial charge in [-0.3, -0.25) is 4.79 Å². The number of nitrogens with one attached hydrogen (secondary N) is 1. The average molecular weight is 328 g/mol. The number of rotatable bonds is 6. The van der Waals surface area contributed by atoms with Gasteiger partial charge in [0.1, 0.15) is 5.75 Å². The van der Waals surface area contributed by atoms with Crippen LogP contribution < -0.4 is 10.1 Å². The van der Waals surface area contributed by atoms with Gasteiger partial charge in [0.05, 0.1) is 17.5 Å². The molecule has 6 heteroatoms. The minimum absolute atomic E-state index is 0.0145. The van der Waals surface area contributed by atoms with Crippen LogP contribution >= 0.6 is 23.2 Å². The van der Waals surface area contributed by atoms with Crippen LogP contribution in [0.1, 0.15) is 12.5 Å². The molecule has 21 heavy (non-hydrogen) atoms. The minimum Gasteiger partial charge on any atom is -0.482 e. The molecule has 0 radical (unpaired) electrons. The van der Waals surface area contributed by atoms with E-state index < -0.39 is 0 Å². The van der Waals surface area contributed by atoms with Gasteiger partial charge in [0.2, 0.25) is 0 Å². The molecule has 0 aliphatic heterocycles. The fourth-order valence-electron chi connectivity index (χ4n) is 1.87. The largest absolute Gasteiger partial charge is 0.482 e. The SMILES string of the molecule is CC(Cc1ccoc1)NC(=O)COc1ccc(Cl)cc1Cl. The van der Waals surface area contributed by atoms with E-state index >= 15 is 0 Å². The van der Waals surface area contributed by atoms with Gasteiger partial charge in [-0.05, 0) is 43.2 Å². The number of halogens is 2. The molecule has 1 N–H and O–H groups in total. The lowest BCUT2D eigenvalue weighted by atomic mass is 10.1. The van der Waals surface area contributed by atoms with Crippen LogP contribution in [0.2, 0.25) is 10.0 Å². The molecule has 1 aromatic carbocycles. The Morgan fingerprint density at radius 2 is 2.19 bits per heavy atom. The molecule has 2 rings (SSSR count). The molecule has 0 bridgehead atoms. The topological polar surface area (TPSA) is 51.5 Å². The second-order valence-electron chi connectivity index (χ2n) is 4.67. The molecule has 1 amide bonds. The van der Waals surface area contributed by atoms with Crippen molar-refractivity contribution in [3.05, 3.63) is 52.4 Å². The van der Waals surface area contributed by atoms with Crippen molar-refractivity contribution < 1.29 is 13.9 Å². The first-order chi connectivity index (χ1) is 10.0. The Morgan fingerprint density at radius 3 is 2.86 bits per heavy atom. The number of carbonyl (C=O) groups excluding carboxylic acids is 1. The molecular formula is C15H15Cl2NO3. The monoisotopic (exact) mass is 327 g/mol. The van der Waals surface area contributed by atoms with E-state index in [4.69, 9.17) is 32.4 Å². The summed E-state index contributed by atoms with van der Waals surface area (Å²) in [6, 6.07) is 6.71. The summed E-state index contributed by atoms with van der Waals surface area (Å²) in [7, 11) is 0. The Kier molecular flexibility index (Phi) is 5.53. The van der Waals surface area contributed by atoms with Crippen LogP contribution in [-0.4, -0.2) is 18.6 Å². The third-order valence-electron chi connectivity index (χ3n) is 2.78. The predicted molar refractivity (Wildman–Crippen MR) is 82.0 cm³/mol. The smallest absolute Gasteiger partial charge is 0.258 e. The van der Waals surface area contributed by atoms with Crippen molar-refractivity contribution >= 4 is 29.1 Å². The van der Waals surface area contributed by atoms with E-state index in [-0.39, 0.29) is 18.6 Å². The number of hydrogen-bond donors (Lipinski definition) is 1. The number of furan rings is 1. The molecule has 1 heterocycles. The highest BCUT2D eigenvalue weighted by Gasteiger charge is 2.10. The number of hydrogen-bond acceptors (Lipinski definition) is 3. The summed E-state index contributed by atoms with van der Waals surface area (Å²) < 4.78 is 10.4. The molecule has 0 saturated carbocycles. The second kappa shape index (κ2) is 7.38. The van der Waals surface area contributed by atoms with E-state index in [1.54, 1.807) is 30.7 Å². The Bertz CT molecular complexity index is 599. The van der Waals surface area contributed by atoms with Crippen molar-refractivity contribution in [1.82, 2.24) is 5.32 Å². The maximum atomic E-state index is 11.8. The second-order valence-corrected chi connectivity index (χ2v) is 5.51. The quantitative estimate of drug-likeness (QED) is 0.879. The van der Waals surface area contributed by atoms with Gasteiger partial charge in [0.15, 0.2) is 6.61 Å². The molecule has 1 atom stereocenters. The van der Waals surface area contributed by atoms with Gasteiger partial charge in [-0.25, -0.2) is 0 Å². The van der Waals surface area contributed by atoms with Crippen molar-refractivity contribution in [3.8, 4) is 5.75 Å². The van der Waals surface area contributed by atoms with Gasteiger partial charge in [0.25, 0.3) is 5.91 Å². The zero-order valence-electron chi connectivity index (χ0n) is 11.4. The molecule has 0 saturated heterocycles. The van der Waals surface area contributed by atoms with Gasteiger partial charge in [0, 0.05) is 11.1 Å². The highest BCUT2D eigenvalue weighted by molar-refractivity contribution is 6.35. The van der Waals surface area contributed by atoms with Crippen LogP contribution in [0.25, 0.3) is 0 Å². The summed E-state index contributed by atoms with van der Waals surface area (Å²) in [5.74, 6) is 0.218. The van der Waals surface area contributed by atoms with Gasteiger partial charge in [-0.2, -0.15) is 0 Å². The first-order valence-electron chi connectivity index (χ1n) is 6.43. The lowest BCUT2D eigenvalue weighted by Crippen LogP contribution is -2.37. The summed E-state index contributed by atoms with van der Waals surface area (Å²) >= 11 is 11.8. The third-order valence-corrected chi connectivity index (χ3v) is 3.31. The van der Waals surface area contributed by atoms with Crippen LogP contribution in [0.4, 0.5) is 0 Å². The molecule has 0 aliphatic rings. The van der Waals surface area contributed by atoms with Gasteiger partial charge < -0.3 is 14.5 Å². The predicted octanol–water partition coefficient (Wildman–Crippen LogP) is 3.71. The molecule has 1 aromatic heterocycles. The normalized spacial score (nSPS) is 12.0. The van der Waals surface area contributed by atoms with Crippen LogP contribution in [-0.2, 0) is 11.2 Å². The van der Waals surface area contributed by atoms with Crippen LogP contribution in [0.3, 0.4) is 0 Å². The molecule has 0 aliphatic carbocycles. The number of carbonyl (C=O) groups is 1. The molecular weight excluding hydrogens is 313 g/mol. The molecule has 4 nitrogen and oxygen atoms in total.